The van der Waals surface area contributed by atoms with Crippen LogP contribution in [0.25, 0.3) is 11.1 Å². The van der Waals surface area contributed by atoms with E-state index in [0.29, 0.717) is 30.3 Å². The summed E-state index contributed by atoms with van der Waals surface area (Å²) in [5.41, 5.74) is 2.04. The predicted molar refractivity (Wildman–Crippen MR) is 102 cm³/mol. The molecule has 0 bridgehead atoms. The number of rotatable bonds is 5. The maximum atomic E-state index is 12.9. The lowest BCUT2D eigenvalue weighted by Gasteiger charge is -2.17. The summed E-state index contributed by atoms with van der Waals surface area (Å²) in [6, 6.07) is 16.9. The lowest BCUT2D eigenvalue weighted by atomic mass is 10.1. The fraction of sp³-hybridized carbons (Fsp3) is 0.200. The number of benzene rings is 2. The average molecular weight is 381 g/mol. The van der Waals surface area contributed by atoms with Crippen molar-refractivity contribution in [3.63, 3.8) is 0 Å². The molecule has 2 aromatic carbocycles. The Morgan fingerprint density at radius 3 is 2.41 bits per heavy atom. The molecule has 6 nitrogen and oxygen atoms in total. The van der Waals surface area contributed by atoms with Crippen molar-refractivity contribution in [2.24, 2.45) is 0 Å². The summed E-state index contributed by atoms with van der Waals surface area (Å²) in [7, 11) is -3.55. The SMILES string of the molecule is O=S(=O)(c1ccc(-c2ccccc2)cc1)N1CCC(Oc2cnccn2)C1. The van der Waals surface area contributed by atoms with Gasteiger partial charge in [0.25, 0.3) is 0 Å². The van der Waals surface area contributed by atoms with E-state index in [1.807, 2.05) is 42.5 Å². The third kappa shape index (κ3) is 3.84. The van der Waals surface area contributed by atoms with Crippen molar-refractivity contribution < 1.29 is 13.2 Å². The van der Waals surface area contributed by atoms with Gasteiger partial charge in [0.1, 0.15) is 6.10 Å². The Morgan fingerprint density at radius 1 is 0.963 bits per heavy atom. The molecule has 1 unspecified atom stereocenters. The maximum absolute atomic E-state index is 12.9. The normalized spacial score (nSPS) is 17.7. The van der Waals surface area contributed by atoms with E-state index >= 15 is 0 Å². The first-order valence-electron chi connectivity index (χ1n) is 8.71. The van der Waals surface area contributed by atoms with Gasteiger partial charge in [0, 0.05) is 18.9 Å². The number of hydrogen-bond acceptors (Lipinski definition) is 5. The topological polar surface area (TPSA) is 72.4 Å². The lowest BCUT2D eigenvalue weighted by molar-refractivity contribution is 0.206. The van der Waals surface area contributed by atoms with Crippen LogP contribution in [0, 0.1) is 0 Å². The summed E-state index contributed by atoms with van der Waals surface area (Å²) in [6.45, 7) is 0.729. The van der Waals surface area contributed by atoms with Crippen LogP contribution in [0.4, 0.5) is 0 Å². The van der Waals surface area contributed by atoms with Crippen LogP contribution in [0.3, 0.4) is 0 Å². The highest BCUT2D eigenvalue weighted by Crippen LogP contribution is 2.26. The Hall–Kier alpha value is -2.77. The molecule has 4 rings (SSSR count). The number of nitrogens with zero attached hydrogens (tertiary/aromatic N) is 3. The standard InChI is InChI=1S/C20H19N3O3S/c24-27(25,19-8-6-17(7-9-19)16-4-2-1-3-5-16)23-13-10-18(15-23)26-20-14-21-11-12-22-20/h1-9,11-12,14,18H,10,13,15H2. The van der Waals surface area contributed by atoms with Gasteiger partial charge in [0.15, 0.2) is 0 Å². The van der Waals surface area contributed by atoms with Crippen molar-refractivity contribution in [2.45, 2.75) is 17.4 Å². The zero-order valence-electron chi connectivity index (χ0n) is 14.6. The Bertz CT molecular complexity index is 994. The Kier molecular flexibility index (Phi) is 4.87. The maximum Gasteiger partial charge on any atom is 0.243 e. The molecule has 0 N–H and O–H groups in total. The molecule has 1 aromatic heterocycles. The van der Waals surface area contributed by atoms with Gasteiger partial charge in [0.05, 0.1) is 17.6 Å². The highest BCUT2D eigenvalue weighted by molar-refractivity contribution is 7.89. The molecule has 1 atom stereocenters. The fourth-order valence-electron chi connectivity index (χ4n) is 3.13. The van der Waals surface area contributed by atoms with E-state index in [-0.39, 0.29) is 6.10 Å². The van der Waals surface area contributed by atoms with Gasteiger partial charge in [-0.25, -0.2) is 13.4 Å². The summed E-state index contributed by atoms with van der Waals surface area (Å²) in [6.07, 6.45) is 5.04. The van der Waals surface area contributed by atoms with Gasteiger partial charge in [-0.15, -0.1) is 0 Å². The minimum absolute atomic E-state index is 0.222. The van der Waals surface area contributed by atoms with Crippen molar-refractivity contribution in [1.82, 2.24) is 14.3 Å². The molecule has 0 amide bonds. The zero-order chi connectivity index (χ0) is 18.7. The Morgan fingerprint density at radius 2 is 1.70 bits per heavy atom. The molecule has 2 heterocycles. The van der Waals surface area contributed by atoms with Crippen LogP contribution in [-0.2, 0) is 10.0 Å². The van der Waals surface area contributed by atoms with Crippen LogP contribution in [0.1, 0.15) is 6.42 Å². The monoisotopic (exact) mass is 381 g/mol. The fourth-order valence-corrected chi connectivity index (χ4v) is 4.61. The van der Waals surface area contributed by atoms with E-state index in [0.717, 1.165) is 11.1 Å². The minimum Gasteiger partial charge on any atom is -0.472 e. The summed E-state index contributed by atoms with van der Waals surface area (Å²) < 4.78 is 33.0. The summed E-state index contributed by atoms with van der Waals surface area (Å²) >= 11 is 0. The second-order valence-electron chi connectivity index (χ2n) is 6.33. The molecule has 1 aliphatic heterocycles. The third-order valence-corrected chi connectivity index (χ3v) is 6.41. The van der Waals surface area contributed by atoms with E-state index < -0.39 is 10.0 Å². The van der Waals surface area contributed by atoms with Gasteiger partial charge in [-0.2, -0.15) is 4.31 Å². The number of aromatic nitrogens is 2. The van der Waals surface area contributed by atoms with Gasteiger partial charge in [-0.1, -0.05) is 42.5 Å². The molecule has 0 spiro atoms. The number of sulfonamides is 1. The highest BCUT2D eigenvalue weighted by Gasteiger charge is 2.33. The highest BCUT2D eigenvalue weighted by atomic mass is 32.2. The Balaban J connectivity index is 1.47. The van der Waals surface area contributed by atoms with Gasteiger partial charge in [-0.05, 0) is 29.7 Å². The first-order valence-corrected chi connectivity index (χ1v) is 10.2. The first kappa shape index (κ1) is 17.6. The van der Waals surface area contributed by atoms with Crippen LogP contribution in [0.15, 0.2) is 78.1 Å². The molecule has 7 heteroatoms. The number of ether oxygens (including phenoxy) is 1. The molecular weight excluding hydrogens is 362 g/mol. The van der Waals surface area contributed by atoms with E-state index in [2.05, 4.69) is 9.97 Å². The molecule has 0 aliphatic carbocycles. The van der Waals surface area contributed by atoms with Crippen LogP contribution >= 0.6 is 0 Å². The molecule has 138 valence electrons. The van der Waals surface area contributed by atoms with Crippen molar-refractivity contribution in [3.05, 3.63) is 73.2 Å². The van der Waals surface area contributed by atoms with Crippen LogP contribution in [0.2, 0.25) is 0 Å². The average Bonchev–Trinajstić information content (AvgIpc) is 3.19. The molecule has 0 saturated carbocycles. The van der Waals surface area contributed by atoms with Crippen molar-refractivity contribution >= 4 is 10.0 Å². The predicted octanol–water partition coefficient (Wildman–Crippen LogP) is 2.99. The molecule has 27 heavy (non-hydrogen) atoms. The van der Waals surface area contributed by atoms with E-state index in [9.17, 15) is 8.42 Å². The third-order valence-electron chi connectivity index (χ3n) is 4.53. The first-order chi connectivity index (χ1) is 13.1. The Labute approximate surface area is 158 Å². The molecule has 1 aliphatic rings. The largest absolute Gasteiger partial charge is 0.472 e. The minimum atomic E-state index is -3.55. The van der Waals surface area contributed by atoms with Crippen LogP contribution in [0.5, 0.6) is 5.88 Å². The molecule has 1 saturated heterocycles. The van der Waals surface area contributed by atoms with Gasteiger partial charge in [0.2, 0.25) is 15.9 Å². The van der Waals surface area contributed by atoms with E-state index in [1.54, 1.807) is 24.5 Å². The quantitative estimate of drug-likeness (QED) is 0.679. The lowest BCUT2D eigenvalue weighted by Crippen LogP contribution is -2.31. The molecule has 1 fully saturated rings. The van der Waals surface area contributed by atoms with Crippen LogP contribution in [-0.4, -0.2) is 41.9 Å². The van der Waals surface area contributed by atoms with Crippen molar-refractivity contribution in [3.8, 4) is 17.0 Å². The smallest absolute Gasteiger partial charge is 0.243 e. The molecular formula is C20H19N3O3S. The van der Waals surface area contributed by atoms with Gasteiger partial charge >= 0.3 is 0 Å². The molecule has 3 aromatic rings. The second kappa shape index (κ2) is 7.46. The number of hydrogen-bond donors (Lipinski definition) is 0. The zero-order valence-corrected chi connectivity index (χ0v) is 15.4. The summed E-state index contributed by atoms with van der Waals surface area (Å²) in [5, 5.41) is 0. The van der Waals surface area contributed by atoms with Crippen molar-refractivity contribution in [2.75, 3.05) is 13.1 Å². The van der Waals surface area contributed by atoms with Gasteiger partial charge < -0.3 is 4.74 Å². The van der Waals surface area contributed by atoms with E-state index in [4.69, 9.17) is 4.74 Å². The summed E-state index contributed by atoms with van der Waals surface area (Å²) in [5.74, 6) is 0.411. The second-order valence-corrected chi connectivity index (χ2v) is 8.26. The molecule has 0 radical (unpaired) electrons. The van der Waals surface area contributed by atoms with Crippen LogP contribution < -0.4 is 4.74 Å². The van der Waals surface area contributed by atoms with Crippen molar-refractivity contribution in [1.29, 1.82) is 0 Å². The van der Waals surface area contributed by atoms with E-state index in [1.165, 1.54) is 10.5 Å². The van der Waals surface area contributed by atoms with Gasteiger partial charge in [-0.3, -0.25) is 4.98 Å². The summed E-state index contributed by atoms with van der Waals surface area (Å²) in [4.78, 5) is 8.32.